The maximum Gasteiger partial charge on any atom is -0.00362 e. The second-order valence-electron chi connectivity index (χ2n) is 2.61. The van der Waals surface area contributed by atoms with Crippen LogP contribution in [0.5, 0.6) is 0 Å². The summed E-state index contributed by atoms with van der Waals surface area (Å²) >= 11 is 2.10. The minimum atomic E-state index is 0.946. The van der Waals surface area contributed by atoms with Crippen molar-refractivity contribution in [1.82, 2.24) is 0 Å². The lowest BCUT2D eigenvalue weighted by molar-refractivity contribution is 0.531. The predicted octanol–water partition coefficient (Wildman–Crippen LogP) is 2.71. The van der Waals surface area contributed by atoms with E-state index in [1.807, 2.05) is 0 Å². The van der Waals surface area contributed by atoms with Crippen LogP contribution in [-0.2, 0) is 0 Å². The third-order valence-electron chi connectivity index (χ3n) is 1.75. The maximum atomic E-state index is 3.75. The molecule has 1 saturated heterocycles. The SMILES string of the molecule is C=CCC1CCCSC1. The molecular formula is C8H14S. The molecule has 1 atom stereocenters. The Morgan fingerprint density at radius 2 is 2.56 bits per heavy atom. The van der Waals surface area contributed by atoms with Crippen LogP contribution in [0.3, 0.4) is 0 Å². The van der Waals surface area contributed by atoms with Gasteiger partial charge in [-0.1, -0.05) is 6.08 Å². The Kier molecular flexibility index (Phi) is 3.20. The Morgan fingerprint density at radius 1 is 1.67 bits per heavy atom. The highest BCUT2D eigenvalue weighted by Gasteiger charge is 2.10. The van der Waals surface area contributed by atoms with Gasteiger partial charge in [-0.25, -0.2) is 0 Å². The monoisotopic (exact) mass is 142 g/mol. The summed E-state index contributed by atoms with van der Waals surface area (Å²) in [6.07, 6.45) is 6.13. The van der Waals surface area contributed by atoms with Crippen molar-refractivity contribution in [1.29, 1.82) is 0 Å². The van der Waals surface area contributed by atoms with Crippen LogP contribution >= 0.6 is 11.8 Å². The first-order chi connectivity index (χ1) is 4.43. The van der Waals surface area contributed by atoms with Gasteiger partial charge in [0.25, 0.3) is 0 Å². The van der Waals surface area contributed by atoms with Crippen molar-refractivity contribution in [2.24, 2.45) is 5.92 Å². The molecular weight excluding hydrogens is 128 g/mol. The van der Waals surface area contributed by atoms with Gasteiger partial charge in [0.1, 0.15) is 0 Å². The van der Waals surface area contributed by atoms with Gasteiger partial charge in [-0.3, -0.25) is 0 Å². The molecule has 1 rings (SSSR count). The van der Waals surface area contributed by atoms with Crippen LogP contribution in [0, 0.1) is 5.92 Å². The lowest BCUT2D eigenvalue weighted by Crippen LogP contribution is -2.08. The largest absolute Gasteiger partial charge is 0.162 e. The molecule has 0 spiro atoms. The summed E-state index contributed by atoms with van der Waals surface area (Å²) in [6.45, 7) is 3.75. The molecule has 0 saturated carbocycles. The average Bonchev–Trinajstić information content (AvgIpc) is 1.91. The molecule has 1 unspecified atom stereocenters. The first-order valence-electron chi connectivity index (χ1n) is 3.62. The summed E-state index contributed by atoms with van der Waals surface area (Å²) in [6, 6.07) is 0. The molecule has 0 N–H and O–H groups in total. The zero-order valence-electron chi connectivity index (χ0n) is 5.81. The van der Waals surface area contributed by atoms with Crippen molar-refractivity contribution in [3.63, 3.8) is 0 Å². The molecule has 52 valence electrons. The van der Waals surface area contributed by atoms with Crippen LogP contribution in [0.4, 0.5) is 0 Å². The van der Waals surface area contributed by atoms with Crippen LogP contribution in [-0.4, -0.2) is 11.5 Å². The van der Waals surface area contributed by atoms with E-state index in [9.17, 15) is 0 Å². The lowest BCUT2D eigenvalue weighted by atomic mass is 10.0. The quantitative estimate of drug-likeness (QED) is 0.534. The lowest BCUT2D eigenvalue weighted by Gasteiger charge is -2.18. The van der Waals surface area contributed by atoms with E-state index >= 15 is 0 Å². The van der Waals surface area contributed by atoms with E-state index in [0.29, 0.717) is 0 Å². The smallest absolute Gasteiger partial charge is 0.00362 e. The van der Waals surface area contributed by atoms with Crippen molar-refractivity contribution in [2.75, 3.05) is 11.5 Å². The van der Waals surface area contributed by atoms with E-state index in [-0.39, 0.29) is 0 Å². The van der Waals surface area contributed by atoms with Gasteiger partial charge in [-0.05, 0) is 36.7 Å². The van der Waals surface area contributed by atoms with E-state index in [4.69, 9.17) is 0 Å². The number of allylic oxidation sites excluding steroid dienone is 1. The predicted molar refractivity (Wildman–Crippen MR) is 44.9 cm³/mol. The Morgan fingerprint density at radius 3 is 3.11 bits per heavy atom. The average molecular weight is 142 g/mol. The summed E-state index contributed by atoms with van der Waals surface area (Å²) in [4.78, 5) is 0. The second-order valence-corrected chi connectivity index (χ2v) is 3.76. The molecule has 1 heterocycles. The van der Waals surface area contributed by atoms with Crippen LogP contribution in [0.1, 0.15) is 19.3 Å². The zero-order valence-corrected chi connectivity index (χ0v) is 6.62. The molecule has 0 bridgehead atoms. The van der Waals surface area contributed by atoms with E-state index in [2.05, 4.69) is 24.4 Å². The second kappa shape index (κ2) is 3.99. The summed E-state index contributed by atoms with van der Waals surface area (Å²) in [7, 11) is 0. The third kappa shape index (κ3) is 2.44. The topological polar surface area (TPSA) is 0 Å². The highest BCUT2D eigenvalue weighted by Crippen LogP contribution is 2.24. The fourth-order valence-corrected chi connectivity index (χ4v) is 2.40. The van der Waals surface area contributed by atoms with Crippen molar-refractivity contribution >= 4 is 11.8 Å². The molecule has 1 aliphatic rings. The Bertz CT molecular complexity index is 82.6. The molecule has 0 aromatic carbocycles. The molecule has 0 radical (unpaired) electrons. The molecule has 0 aliphatic carbocycles. The van der Waals surface area contributed by atoms with Crippen LogP contribution in [0.25, 0.3) is 0 Å². The molecule has 1 fully saturated rings. The van der Waals surface area contributed by atoms with Crippen molar-refractivity contribution in [2.45, 2.75) is 19.3 Å². The van der Waals surface area contributed by atoms with Gasteiger partial charge in [-0.2, -0.15) is 11.8 Å². The number of thioether (sulfide) groups is 1. The van der Waals surface area contributed by atoms with Gasteiger partial charge in [-0.15, -0.1) is 6.58 Å². The van der Waals surface area contributed by atoms with Gasteiger partial charge in [0.05, 0.1) is 0 Å². The number of hydrogen-bond donors (Lipinski definition) is 0. The molecule has 0 aromatic rings. The standard InChI is InChI=1S/C8H14S/c1-2-4-8-5-3-6-9-7-8/h2,8H,1,3-7H2. The molecule has 0 nitrogen and oxygen atoms in total. The van der Waals surface area contributed by atoms with Crippen molar-refractivity contribution in [3.8, 4) is 0 Å². The summed E-state index contributed by atoms with van der Waals surface area (Å²) in [5.74, 6) is 3.70. The first kappa shape index (κ1) is 7.20. The Balaban J connectivity index is 2.15. The van der Waals surface area contributed by atoms with Gasteiger partial charge in [0.15, 0.2) is 0 Å². The van der Waals surface area contributed by atoms with Gasteiger partial charge in [0, 0.05) is 0 Å². The molecule has 9 heavy (non-hydrogen) atoms. The van der Waals surface area contributed by atoms with Gasteiger partial charge < -0.3 is 0 Å². The van der Waals surface area contributed by atoms with E-state index < -0.39 is 0 Å². The fraction of sp³-hybridized carbons (Fsp3) is 0.750. The number of hydrogen-bond acceptors (Lipinski definition) is 1. The van der Waals surface area contributed by atoms with Crippen molar-refractivity contribution in [3.05, 3.63) is 12.7 Å². The zero-order chi connectivity index (χ0) is 6.53. The van der Waals surface area contributed by atoms with E-state index in [1.165, 1.54) is 30.8 Å². The maximum absolute atomic E-state index is 3.75. The normalized spacial score (nSPS) is 27.8. The Hall–Kier alpha value is 0.0900. The number of rotatable bonds is 2. The van der Waals surface area contributed by atoms with Crippen LogP contribution < -0.4 is 0 Å². The summed E-state index contributed by atoms with van der Waals surface area (Å²) in [5, 5.41) is 0. The highest BCUT2D eigenvalue weighted by atomic mass is 32.2. The first-order valence-corrected chi connectivity index (χ1v) is 4.77. The molecule has 1 heteroatoms. The minimum absolute atomic E-state index is 0.946. The summed E-state index contributed by atoms with van der Waals surface area (Å²) < 4.78 is 0. The van der Waals surface area contributed by atoms with Gasteiger partial charge in [0.2, 0.25) is 0 Å². The Labute approximate surface area is 61.7 Å². The van der Waals surface area contributed by atoms with Crippen LogP contribution in [0.15, 0.2) is 12.7 Å². The van der Waals surface area contributed by atoms with Crippen LogP contribution in [0.2, 0.25) is 0 Å². The molecule has 1 aliphatic heterocycles. The highest BCUT2D eigenvalue weighted by molar-refractivity contribution is 7.99. The van der Waals surface area contributed by atoms with E-state index in [1.54, 1.807) is 0 Å². The minimum Gasteiger partial charge on any atom is -0.162 e. The van der Waals surface area contributed by atoms with Crippen molar-refractivity contribution < 1.29 is 0 Å². The van der Waals surface area contributed by atoms with E-state index in [0.717, 1.165) is 5.92 Å². The third-order valence-corrected chi connectivity index (χ3v) is 3.04. The summed E-state index contributed by atoms with van der Waals surface area (Å²) in [5.41, 5.74) is 0. The van der Waals surface area contributed by atoms with Gasteiger partial charge >= 0.3 is 0 Å². The molecule has 0 aromatic heterocycles. The fourth-order valence-electron chi connectivity index (χ4n) is 1.23. The molecule has 0 amide bonds.